The molecule has 0 amide bonds. The molecule has 1 aromatic rings. The molecule has 1 rings (SSSR count). The van der Waals surface area contributed by atoms with Crippen molar-refractivity contribution in [2.75, 3.05) is 0 Å². The second kappa shape index (κ2) is 4.31. The minimum Gasteiger partial charge on any atom is -0.479 e. The lowest BCUT2D eigenvalue weighted by Crippen LogP contribution is -2.57. The molecule has 0 bridgehead atoms. The topological polar surface area (TPSA) is 82.5 Å². The van der Waals surface area contributed by atoms with Gasteiger partial charge in [-0.05, 0) is 38.5 Å². The van der Waals surface area contributed by atoms with Gasteiger partial charge in [-0.25, -0.2) is 4.79 Å². The van der Waals surface area contributed by atoms with Crippen LogP contribution in [0.1, 0.15) is 20.8 Å². The quantitative estimate of drug-likeness (QED) is 0.609. The number of hydrogen-bond acceptors (Lipinski definition) is 3. The molecule has 16 heavy (non-hydrogen) atoms. The van der Waals surface area contributed by atoms with E-state index in [1.165, 1.54) is 28.3 Å². The smallest absolute Gasteiger partial charge is 0.337 e. The van der Waals surface area contributed by atoms with Crippen molar-refractivity contribution in [1.29, 1.82) is 0 Å². The SMILES string of the molecule is CC(C)(O)C(C)(O[B]c1cc[nH]c1)C(=O)O. The average molecular weight is 224 g/mol. The lowest BCUT2D eigenvalue weighted by molar-refractivity contribution is -0.175. The predicted molar refractivity (Wildman–Crippen MR) is 59.6 cm³/mol. The first-order chi connectivity index (χ1) is 7.27. The summed E-state index contributed by atoms with van der Waals surface area (Å²) in [5, 5.41) is 18.9. The Labute approximate surface area is 94.7 Å². The van der Waals surface area contributed by atoms with Gasteiger partial charge in [0, 0.05) is 6.20 Å². The molecule has 1 radical (unpaired) electrons. The van der Waals surface area contributed by atoms with Crippen LogP contribution in [0.3, 0.4) is 0 Å². The molecule has 1 heterocycles. The Morgan fingerprint density at radius 1 is 1.50 bits per heavy atom. The molecule has 0 saturated heterocycles. The highest BCUT2D eigenvalue weighted by Gasteiger charge is 2.47. The van der Waals surface area contributed by atoms with Crippen LogP contribution in [0.5, 0.6) is 0 Å². The third-order valence-corrected chi connectivity index (χ3v) is 2.63. The number of carboxylic acids is 1. The van der Waals surface area contributed by atoms with Crippen molar-refractivity contribution in [3.05, 3.63) is 18.5 Å². The highest BCUT2D eigenvalue weighted by atomic mass is 16.5. The molecule has 0 saturated carbocycles. The Kier molecular flexibility index (Phi) is 3.45. The second-order valence-electron chi connectivity index (χ2n) is 4.28. The zero-order valence-electron chi connectivity index (χ0n) is 9.52. The summed E-state index contributed by atoms with van der Waals surface area (Å²) in [7, 11) is 1.31. The van der Waals surface area contributed by atoms with Gasteiger partial charge in [0.1, 0.15) is 0 Å². The minimum atomic E-state index is -1.69. The van der Waals surface area contributed by atoms with Crippen LogP contribution in [0.2, 0.25) is 0 Å². The van der Waals surface area contributed by atoms with E-state index < -0.39 is 17.2 Å². The maximum absolute atomic E-state index is 11.1. The van der Waals surface area contributed by atoms with Gasteiger partial charge in [0.05, 0.1) is 5.60 Å². The van der Waals surface area contributed by atoms with E-state index in [4.69, 9.17) is 9.76 Å². The lowest BCUT2D eigenvalue weighted by Gasteiger charge is -2.36. The highest BCUT2D eigenvalue weighted by Crippen LogP contribution is 2.25. The third kappa shape index (κ3) is 2.45. The Balaban J connectivity index is 2.77. The van der Waals surface area contributed by atoms with Gasteiger partial charge in [0.15, 0.2) is 5.60 Å². The Hall–Kier alpha value is -1.27. The number of aliphatic carboxylic acids is 1. The second-order valence-corrected chi connectivity index (χ2v) is 4.28. The Morgan fingerprint density at radius 2 is 2.12 bits per heavy atom. The molecule has 1 aromatic heterocycles. The van der Waals surface area contributed by atoms with E-state index in [1.54, 1.807) is 18.5 Å². The molecule has 0 aromatic carbocycles. The van der Waals surface area contributed by atoms with E-state index in [9.17, 15) is 9.90 Å². The summed E-state index contributed by atoms with van der Waals surface area (Å²) in [5.74, 6) is -1.22. The van der Waals surface area contributed by atoms with Crippen molar-refractivity contribution in [2.45, 2.75) is 32.0 Å². The van der Waals surface area contributed by atoms with Crippen LogP contribution in [0.4, 0.5) is 0 Å². The summed E-state index contributed by atoms with van der Waals surface area (Å²) in [6, 6.07) is 1.73. The predicted octanol–water partition coefficient (Wildman–Crippen LogP) is -0.110. The fourth-order valence-electron chi connectivity index (χ4n) is 1.05. The molecule has 0 spiro atoms. The summed E-state index contributed by atoms with van der Waals surface area (Å²) in [5.41, 5.74) is -2.48. The minimum absolute atomic E-state index is 0.705. The van der Waals surface area contributed by atoms with E-state index in [0.717, 1.165) is 0 Å². The average Bonchev–Trinajstić information content (AvgIpc) is 2.64. The van der Waals surface area contributed by atoms with Gasteiger partial charge in [-0.15, -0.1) is 0 Å². The van der Waals surface area contributed by atoms with Gasteiger partial charge >= 0.3 is 13.5 Å². The van der Waals surface area contributed by atoms with E-state index >= 15 is 0 Å². The van der Waals surface area contributed by atoms with Crippen molar-refractivity contribution < 1.29 is 19.7 Å². The fraction of sp³-hybridized carbons (Fsp3) is 0.500. The maximum Gasteiger partial charge on any atom is 0.337 e. The number of H-pyrrole nitrogens is 1. The number of carbonyl (C=O) groups is 1. The van der Waals surface area contributed by atoms with Crippen LogP contribution < -0.4 is 5.46 Å². The number of nitrogens with one attached hydrogen (secondary N) is 1. The first-order valence-electron chi connectivity index (χ1n) is 4.87. The zero-order chi connectivity index (χ0) is 12.4. The number of rotatable bonds is 5. The third-order valence-electron chi connectivity index (χ3n) is 2.63. The first-order valence-corrected chi connectivity index (χ1v) is 4.87. The van der Waals surface area contributed by atoms with E-state index in [2.05, 4.69) is 4.98 Å². The first kappa shape index (κ1) is 12.8. The molecule has 87 valence electrons. The van der Waals surface area contributed by atoms with E-state index in [-0.39, 0.29) is 0 Å². The zero-order valence-corrected chi connectivity index (χ0v) is 9.52. The summed E-state index contributed by atoms with van der Waals surface area (Å²) in [6.45, 7) is 4.12. The number of aromatic nitrogens is 1. The van der Waals surface area contributed by atoms with Crippen molar-refractivity contribution in [2.24, 2.45) is 0 Å². The van der Waals surface area contributed by atoms with Crippen LogP contribution >= 0.6 is 0 Å². The van der Waals surface area contributed by atoms with Gasteiger partial charge in [-0.2, -0.15) is 0 Å². The van der Waals surface area contributed by atoms with Crippen molar-refractivity contribution in [1.82, 2.24) is 4.98 Å². The molecule has 6 heteroatoms. The molecule has 0 aliphatic heterocycles. The van der Waals surface area contributed by atoms with Crippen molar-refractivity contribution in [3.63, 3.8) is 0 Å². The largest absolute Gasteiger partial charge is 0.479 e. The molecule has 1 atom stereocenters. The Morgan fingerprint density at radius 3 is 2.50 bits per heavy atom. The van der Waals surface area contributed by atoms with Gasteiger partial charge in [-0.3, -0.25) is 0 Å². The molecular weight excluding hydrogens is 209 g/mol. The van der Waals surface area contributed by atoms with Crippen LogP contribution in [0.25, 0.3) is 0 Å². The van der Waals surface area contributed by atoms with Gasteiger partial charge in [-0.1, -0.05) is 0 Å². The Bertz CT molecular complexity index is 357. The monoisotopic (exact) mass is 224 g/mol. The number of carboxylic acid groups (broad SMARTS) is 1. The molecule has 0 aliphatic carbocycles. The van der Waals surface area contributed by atoms with Crippen molar-refractivity contribution >= 4 is 18.9 Å². The van der Waals surface area contributed by atoms with Crippen LogP contribution in [-0.4, -0.2) is 39.9 Å². The van der Waals surface area contributed by atoms with Gasteiger partial charge < -0.3 is 19.9 Å². The molecule has 5 nitrogen and oxygen atoms in total. The summed E-state index contributed by atoms with van der Waals surface area (Å²) >= 11 is 0. The fourth-order valence-corrected chi connectivity index (χ4v) is 1.05. The standard InChI is InChI=1S/C10H15BNO4/c1-9(2,15)10(3,8(13)14)16-11-7-4-5-12-6-7/h4-6,12,15H,1-3H3,(H,13,14). The molecule has 1 unspecified atom stereocenters. The number of hydrogen-bond donors (Lipinski definition) is 3. The van der Waals surface area contributed by atoms with E-state index in [1.807, 2.05) is 0 Å². The summed E-state index contributed by atoms with van der Waals surface area (Å²) in [4.78, 5) is 13.9. The van der Waals surface area contributed by atoms with Gasteiger partial charge in [0.2, 0.25) is 0 Å². The molecule has 0 aliphatic rings. The lowest BCUT2D eigenvalue weighted by atomic mass is 9.82. The summed E-state index contributed by atoms with van der Waals surface area (Å²) in [6.07, 6.45) is 3.35. The molecule has 3 N–H and O–H groups in total. The van der Waals surface area contributed by atoms with Crippen LogP contribution in [0, 0.1) is 0 Å². The van der Waals surface area contributed by atoms with Crippen LogP contribution in [-0.2, 0) is 9.45 Å². The molecule has 0 fully saturated rings. The highest BCUT2D eigenvalue weighted by molar-refractivity contribution is 6.47. The van der Waals surface area contributed by atoms with Gasteiger partial charge in [0.25, 0.3) is 0 Å². The number of aromatic amines is 1. The molecular formula is C10H15BNO4. The van der Waals surface area contributed by atoms with Crippen LogP contribution in [0.15, 0.2) is 18.5 Å². The normalized spacial score (nSPS) is 15.5. The van der Waals surface area contributed by atoms with Crippen molar-refractivity contribution in [3.8, 4) is 0 Å². The number of aliphatic hydroxyl groups is 1. The summed E-state index contributed by atoms with van der Waals surface area (Å²) < 4.78 is 5.21. The van der Waals surface area contributed by atoms with E-state index in [0.29, 0.717) is 5.46 Å². The maximum atomic E-state index is 11.1.